The molecular weight excluding hydrogens is 178 g/mol. The van der Waals surface area contributed by atoms with Gasteiger partial charge < -0.3 is 10.8 Å². The number of anilines is 1. The molecule has 3 N–H and O–H groups in total. The first-order valence-corrected chi connectivity index (χ1v) is 4.28. The van der Waals surface area contributed by atoms with E-state index in [0.29, 0.717) is 5.69 Å². The Labute approximate surface area is 81.6 Å². The number of hydrogen-bond acceptors (Lipinski definition) is 3. The Hall–Kier alpha value is -1.97. The third-order valence-corrected chi connectivity index (χ3v) is 2.09. The lowest BCUT2D eigenvalue weighted by Gasteiger charge is -2.05. The molecule has 0 amide bonds. The summed E-state index contributed by atoms with van der Waals surface area (Å²) in [7, 11) is 0. The largest absolute Gasteiger partial charge is 0.506 e. The number of hydrogen-bond donors (Lipinski definition) is 2. The molecule has 0 radical (unpaired) electrons. The third-order valence-electron chi connectivity index (χ3n) is 2.09. The fourth-order valence-corrected chi connectivity index (χ4v) is 1.30. The number of rotatable bonds is 1. The zero-order chi connectivity index (χ0) is 10.1. The molecule has 14 heavy (non-hydrogen) atoms. The van der Waals surface area contributed by atoms with E-state index >= 15 is 0 Å². The molecule has 0 fully saturated rings. The molecule has 0 saturated carbocycles. The first-order chi connectivity index (χ1) is 6.68. The van der Waals surface area contributed by atoms with Crippen LogP contribution in [0.25, 0.3) is 5.69 Å². The molecule has 0 aliphatic heterocycles. The standard InChI is InChI=1S/C10H11N3O/c1-7-4-5-12-13(7)8-2-3-9(11)10(14)6-8/h2-6,14H,11H2,1H3. The summed E-state index contributed by atoms with van der Waals surface area (Å²) in [6, 6.07) is 6.96. The summed E-state index contributed by atoms with van der Waals surface area (Å²) < 4.78 is 1.74. The van der Waals surface area contributed by atoms with Gasteiger partial charge in [0.2, 0.25) is 0 Å². The average Bonchev–Trinajstić information content (AvgIpc) is 2.57. The minimum absolute atomic E-state index is 0.0809. The van der Waals surface area contributed by atoms with Crippen molar-refractivity contribution >= 4 is 5.69 Å². The number of benzene rings is 1. The van der Waals surface area contributed by atoms with Crippen LogP contribution in [0.3, 0.4) is 0 Å². The molecule has 1 aromatic carbocycles. The fourth-order valence-electron chi connectivity index (χ4n) is 1.30. The van der Waals surface area contributed by atoms with Gasteiger partial charge in [0.25, 0.3) is 0 Å². The maximum atomic E-state index is 9.42. The van der Waals surface area contributed by atoms with Gasteiger partial charge in [-0.25, -0.2) is 4.68 Å². The quantitative estimate of drug-likeness (QED) is 0.527. The summed E-state index contributed by atoms with van der Waals surface area (Å²) in [5.41, 5.74) is 7.69. The maximum Gasteiger partial charge on any atom is 0.140 e. The molecule has 0 aliphatic rings. The highest BCUT2D eigenvalue weighted by molar-refractivity contribution is 5.56. The van der Waals surface area contributed by atoms with Gasteiger partial charge in [-0.05, 0) is 25.1 Å². The van der Waals surface area contributed by atoms with E-state index in [9.17, 15) is 5.11 Å². The molecule has 4 nitrogen and oxygen atoms in total. The minimum atomic E-state index is 0.0809. The lowest BCUT2D eigenvalue weighted by molar-refractivity contribution is 0.477. The fraction of sp³-hybridized carbons (Fsp3) is 0.100. The van der Waals surface area contributed by atoms with Crippen molar-refractivity contribution in [2.45, 2.75) is 6.92 Å². The summed E-state index contributed by atoms with van der Waals surface area (Å²) in [5.74, 6) is 0.0809. The van der Waals surface area contributed by atoms with Crippen LogP contribution in [0.5, 0.6) is 5.75 Å². The molecule has 0 spiro atoms. The Morgan fingerprint density at radius 1 is 1.36 bits per heavy atom. The zero-order valence-electron chi connectivity index (χ0n) is 7.81. The van der Waals surface area contributed by atoms with Crippen LogP contribution >= 0.6 is 0 Å². The summed E-state index contributed by atoms with van der Waals surface area (Å²) in [6.07, 6.45) is 1.71. The Bertz CT molecular complexity index is 462. The monoisotopic (exact) mass is 189 g/mol. The third kappa shape index (κ3) is 1.31. The van der Waals surface area contributed by atoms with Gasteiger partial charge in [0.1, 0.15) is 5.75 Å². The van der Waals surface area contributed by atoms with Crippen LogP contribution in [-0.4, -0.2) is 14.9 Å². The van der Waals surface area contributed by atoms with Crippen molar-refractivity contribution in [1.29, 1.82) is 0 Å². The number of phenols is 1. The first kappa shape index (κ1) is 8.62. The highest BCUT2D eigenvalue weighted by atomic mass is 16.3. The smallest absolute Gasteiger partial charge is 0.140 e. The van der Waals surface area contributed by atoms with Crippen molar-refractivity contribution in [3.05, 3.63) is 36.2 Å². The molecule has 2 aromatic rings. The van der Waals surface area contributed by atoms with Gasteiger partial charge in [-0.2, -0.15) is 5.10 Å². The Kier molecular flexibility index (Phi) is 1.89. The normalized spacial score (nSPS) is 10.4. The van der Waals surface area contributed by atoms with Crippen molar-refractivity contribution in [3.8, 4) is 11.4 Å². The Balaban J connectivity index is 2.53. The van der Waals surface area contributed by atoms with Crippen LogP contribution in [0.1, 0.15) is 5.69 Å². The molecule has 0 atom stereocenters. The molecule has 72 valence electrons. The number of aryl methyl sites for hydroxylation is 1. The molecule has 1 heterocycles. The van der Waals surface area contributed by atoms with E-state index in [1.165, 1.54) is 0 Å². The van der Waals surface area contributed by atoms with Crippen molar-refractivity contribution < 1.29 is 5.11 Å². The molecule has 2 rings (SSSR count). The van der Waals surface area contributed by atoms with Gasteiger partial charge in [-0.15, -0.1) is 0 Å². The summed E-state index contributed by atoms with van der Waals surface area (Å²) >= 11 is 0. The van der Waals surface area contributed by atoms with Crippen molar-refractivity contribution in [2.24, 2.45) is 0 Å². The molecule has 4 heteroatoms. The predicted octanol–water partition coefficient (Wildman–Crippen LogP) is 1.47. The summed E-state index contributed by atoms with van der Waals surface area (Å²) in [6.45, 7) is 1.94. The lowest BCUT2D eigenvalue weighted by atomic mass is 10.2. The van der Waals surface area contributed by atoms with Crippen LogP contribution in [0.15, 0.2) is 30.5 Å². The molecule has 0 aliphatic carbocycles. The van der Waals surface area contributed by atoms with Gasteiger partial charge in [0.05, 0.1) is 11.4 Å². The minimum Gasteiger partial charge on any atom is -0.506 e. The van der Waals surface area contributed by atoms with E-state index in [1.54, 1.807) is 23.0 Å². The average molecular weight is 189 g/mol. The van der Waals surface area contributed by atoms with Crippen molar-refractivity contribution in [3.63, 3.8) is 0 Å². The van der Waals surface area contributed by atoms with Gasteiger partial charge in [0.15, 0.2) is 0 Å². The molecule has 0 saturated heterocycles. The number of nitrogens with two attached hydrogens (primary N) is 1. The highest BCUT2D eigenvalue weighted by Gasteiger charge is 2.03. The topological polar surface area (TPSA) is 64.1 Å². The summed E-state index contributed by atoms with van der Waals surface area (Å²) in [4.78, 5) is 0. The first-order valence-electron chi connectivity index (χ1n) is 4.28. The second kappa shape index (κ2) is 3.06. The number of phenolic OH excluding ortho intramolecular Hbond substituents is 1. The highest BCUT2D eigenvalue weighted by Crippen LogP contribution is 2.23. The van der Waals surface area contributed by atoms with E-state index in [2.05, 4.69) is 5.10 Å². The number of nitrogens with zero attached hydrogens (tertiary/aromatic N) is 2. The second-order valence-corrected chi connectivity index (χ2v) is 3.13. The van der Waals surface area contributed by atoms with Gasteiger partial charge in [0, 0.05) is 18.0 Å². The Morgan fingerprint density at radius 3 is 2.71 bits per heavy atom. The van der Waals surface area contributed by atoms with Crippen LogP contribution in [-0.2, 0) is 0 Å². The van der Waals surface area contributed by atoms with Crippen molar-refractivity contribution in [2.75, 3.05) is 5.73 Å². The molecule has 1 aromatic heterocycles. The van der Waals surface area contributed by atoms with Gasteiger partial charge >= 0.3 is 0 Å². The van der Waals surface area contributed by atoms with Crippen LogP contribution < -0.4 is 5.73 Å². The van der Waals surface area contributed by atoms with E-state index in [1.807, 2.05) is 19.1 Å². The van der Waals surface area contributed by atoms with Crippen LogP contribution in [0, 0.1) is 6.92 Å². The van der Waals surface area contributed by atoms with E-state index in [4.69, 9.17) is 5.73 Å². The Morgan fingerprint density at radius 2 is 2.14 bits per heavy atom. The number of nitrogen functional groups attached to an aromatic ring is 1. The van der Waals surface area contributed by atoms with E-state index in [0.717, 1.165) is 11.4 Å². The maximum absolute atomic E-state index is 9.42. The number of aromatic nitrogens is 2. The SMILES string of the molecule is Cc1ccnn1-c1ccc(N)c(O)c1. The van der Waals surface area contributed by atoms with E-state index < -0.39 is 0 Å². The molecule has 0 unspecified atom stereocenters. The predicted molar refractivity (Wildman–Crippen MR) is 54.4 cm³/mol. The van der Waals surface area contributed by atoms with Crippen LogP contribution in [0.4, 0.5) is 5.69 Å². The lowest BCUT2D eigenvalue weighted by Crippen LogP contribution is -1.98. The number of aromatic hydroxyl groups is 1. The zero-order valence-corrected chi connectivity index (χ0v) is 7.81. The van der Waals surface area contributed by atoms with Gasteiger partial charge in [-0.1, -0.05) is 0 Å². The summed E-state index contributed by atoms with van der Waals surface area (Å²) in [5, 5.41) is 13.5. The second-order valence-electron chi connectivity index (χ2n) is 3.13. The van der Waals surface area contributed by atoms with Crippen molar-refractivity contribution in [1.82, 2.24) is 9.78 Å². The van der Waals surface area contributed by atoms with Crippen LogP contribution in [0.2, 0.25) is 0 Å². The van der Waals surface area contributed by atoms with Gasteiger partial charge in [-0.3, -0.25) is 0 Å². The van der Waals surface area contributed by atoms with E-state index in [-0.39, 0.29) is 5.75 Å². The molecular formula is C10H11N3O. The molecule has 0 bridgehead atoms.